The predicted molar refractivity (Wildman–Crippen MR) is 73.9 cm³/mol. The molecule has 1 amide bonds. The Morgan fingerprint density at radius 1 is 1.18 bits per heavy atom. The van der Waals surface area contributed by atoms with Crippen LogP contribution in [0.1, 0.15) is 26.2 Å². The van der Waals surface area contributed by atoms with Gasteiger partial charge in [0, 0.05) is 32.2 Å². The van der Waals surface area contributed by atoms with E-state index in [1.807, 2.05) is 4.90 Å². The van der Waals surface area contributed by atoms with Gasteiger partial charge in [-0.1, -0.05) is 6.42 Å². The number of rotatable bonds is 2. The van der Waals surface area contributed by atoms with Gasteiger partial charge in [-0.2, -0.15) is 0 Å². The van der Waals surface area contributed by atoms with Crippen LogP contribution in [-0.4, -0.2) is 54.0 Å². The standard InChI is InChI=1S/C11H21N3O.2ClH/c1-9(12)11(15)14-7-5-13(6-8-14)10-3-2-4-10;;/h9-10H,2-8,12H2,1H3;2*1H/t9-;;/m0../s1. The van der Waals surface area contributed by atoms with E-state index in [0.29, 0.717) is 0 Å². The molecule has 0 spiro atoms. The lowest BCUT2D eigenvalue weighted by molar-refractivity contribution is -0.134. The molecule has 6 heteroatoms. The summed E-state index contributed by atoms with van der Waals surface area (Å²) in [6, 6.07) is 0.456. The van der Waals surface area contributed by atoms with Crippen LogP contribution < -0.4 is 5.73 Å². The Hall–Kier alpha value is -0.0300. The van der Waals surface area contributed by atoms with Crippen molar-refractivity contribution in [1.82, 2.24) is 9.80 Å². The van der Waals surface area contributed by atoms with Crippen molar-refractivity contribution < 1.29 is 4.79 Å². The fraction of sp³-hybridized carbons (Fsp3) is 0.909. The van der Waals surface area contributed by atoms with Crippen LogP contribution in [0.25, 0.3) is 0 Å². The number of amides is 1. The highest BCUT2D eigenvalue weighted by molar-refractivity contribution is 5.85. The Balaban J connectivity index is 0.00000128. The number of halogens is 2. The average Bonchev–Trinajstić information content (AvgIpc) is 2.15. The van der Waals surface area contributed by atoms with Gasteiger partial charge in [-0.15, -0.1) is 24.8 Å². The third kappa shape index (κ3) is 3.98. The molecule has 1 aliphatic carbocycles. The second kappa shape index (κ2) is 7.41. The summed E-state index contributed by atoms with van der Waals surface area (Å²) in [7, 11) is 0. The van der Waals surface area contributed by atoms with Crippen LogP contribution in [-0.2, 0) is 4.79 Å². The third-order valence-electron chi connectivity index (χ3n) is 3.61. The van der Waals surface area contributed by atoms with Crippen LogP contribution in [0.4, 0.5) is 0 Å². The molecular formula is C11H23Cl2N3O. The molecule has 2 fully saturated rings. The minimum Gasteiger partial charge on any atom is -0.339 e. The molecule has 1 saturated carbocycles. The van der Waals surface area contributed by atoms with Gasteiger partial charge in [-0.3, -0.25) is 9.69 Å². The van der Waals surface area contributed by atoms with Gasteiger partial charge in [0.05, 0.1) is 6.04 Å². The van der Waals surface area contributed by atoms with E-state index in [1.165, 1.54) is 19.3 Å². The van der Waals surface area contributed by atoms with Crippen molar-refractivity contribution in [3.63, 3.8) is 0 Å². The first-order valence-electron chi connectivity index (χ1n) is 5.97. The normalized spacial score (nSPS) is 23.1. The average molecular weight is 284 g/mol. The van der Waals surface area contributed by atoms with Gasteiger partial charge < -0.3 is 10.6 Å². The molecule has 0 aromatic carbocycles. The molecule has 0 unspecified atom stereocenters. The summed E-state index contributed by atoms with van der Waals surface area (Å²) in [6.45, 7) is 5.54. The minimum absolute atomic E-state index is 0. The molecule has 2 rings (SSSR count). The largest absolute Gasteiger partial charge is 0.339 e. The van der Waals surface area contributed by atoms with Crippen LogP contribution in [0.3, 0.4) is 0 Å². The van der Waals surface area contributed by atoms with Gasteiger partial charge >= 0.3 is 0 Å². The topological polar surface area (TPSA) is 49.6 Å². The highest BCUT2D eigenvalue weighted by Crippen LogP contribution is 2.25. The monoisotopic (exact) mass is 283 g/mol. The summed E-state index contributed by atoms with van der Waals surface area (Å²) < 4.78 is 0. The van der Waals surface area contributed by atoms with E-state index in [9.17, 15) is 4.79 Å². The van der Waals surface area contributed by atoms with Crippen molar-refractivity contribution in [1.29, 1.82) is 0 Å². The van der Waals surface area contributed by atoms with Crippen molar-refractivity contribution in [3.8, 4) is 0 Å². The Bertz CT molecular complexity index is 239. The number of piperazine rings is 1. The highest BCUT2D eigenvalue weighted by Gasteiger charge is 2.29. The first kappa shape index (κ1) is 17.0. The maximum absolute atomic E-state index is 11.6. The van der Waals surface area contributed by atoms with Gasteiger partial charge in [-0.05, 0) is 19.8 Å². The van der Waals surface area contributed by atoms with Crippen molar-refractivity contribution in [2.45, 2.75) is 38.3 Å². The Labute approximate surface area is 116 Å². The Morgan fingerprint density at radius 3 is 2.06 bits per heavy atom. The fourth-order valence-corrected chi connectivity index (χ4v) is 2.35. The highest BCUT2D eigenvalue weighted by atomic mass is 35.5. The van der Waals surface area contributed by atoms with E-state index in [4.69, 9.17) is 5.73 Å². The second-order valence-corrected chi connectivity index (χ2v) is 4.73. The van der Waals surface area contributed by atoms with Gasteiger partial charge in [0.1, 0.15) is 0 Å². The van der Waals surface area contributed by atoms with Crippen molar-refractivity contribution in [2.24, 2.45) is 5.73 Å². The molecule has 0 radical (unpaired) electrons. The number of hydrogen-bond acceptors (Lipinski definition) is 3. The van der Waals surface area contributed by atoms with Crippen LogP contribution >= 0.6 is 24.8 Å². The van der Waals surface area contributed by atoms with Gasteiger partial charge in [-0.25, -0.2) is 0 Å². The molecule has 1 heterocycles. The lowest BCUT2D eigenvalue weighted by atomic mass is 9.91. The van der Waals surface area contributed by atoms with Crippen LogP contribution in [0.5, 0.6) is 0 Å². The van der Waals surface area contributed by atoms with Crippen LogP contribution in [0.15, 0.2) is 0 Å². The number of nitrogens with zero attached hydrogens (tertiary/aromatic N) is 2. The van der Waals surface area contributed by atoms with Crippen molar-refractivity contribution in [2.75, 3.05) is 26.2 Å². The summed E-state index contributed by atoms with van der Waals surface area (Å²) in [4.78, 5) is 16.1. The number of carbonyl (C=O) groups excluding carboxylic acids is 1. The Morgan fingerprint density at radius 2 is 1.71 bits per heavy atom. The zero-order valence-corrected chi connectivity index (χ0v) is 11.9. The Kier molecular flexibility index (Phi) is 7.40. The van der Waals surface area contributed by atoms with Crippen molar-refractivity contribution in [3.05, 3.63) is 0 Å². The summed E-state index contributed by atoms with van der Waals surface area (Å²) in [6.07, 6.45) is 4.08. The van der Waals surface area contributed by atoms with Gasteiger partial charge in [0.25, 0.3) is 0 Å². The fourth-order valence-electron chi connectivity index (χ4n) is 2.35. The predicted octanol–water partition coefficient (Wildman–Crippen LogP) is 0.874. The maximum atomic E-state index is 11.6. The lowest BCUT2D eigenvalue weighted by Crippen LogP contribution is -2.55. The minimum atomic E-state index is -0.347. The molecule has 2 aliphatic rings. The van der Waals surface area contributed by atoms with E-state index in [2.05, 4.69) is 4.90 Å². The van der Waals surface area contributed by atoms with E-state index >= 15 is 0 Å². The first-order valence-corrected chi connectivity index (χ1v) is 5.97. The maximum Gasteiger partial charge on any atom is 0.239 e. The van der Waals surface area contributed by atoms with E-state index < -0.39 is 0 Å². The molecule has 1 saturated heterocycles. The molecule has 1 aliphatic heterocycles. The molecular weight excluding hydrogens is 261 g/mol. The summed E-state index contributed by atoms with van der Waals surface area (Å²) in [5.41, 5.74) is 5.59. The summed E-state index contributed by atoms with van der Waals surface area (Å²) in [5.74, 6) is 0.100. The summed E-state index contributed by atoms with van der Waals surface area (Å²) >= 11 is 0. The van der Waals surface area contributed by atoms with E-state index in [0.717, 1.165) is 32.2 Å². The second-order valence-electron chi connectivity index (χ2n) is 4.73. The first-order chi connectivity index (χ1) is 7.18. The number of hydrogen-bond donors (Lipinski definition) is 1. The smallest absolute Gasteiger partial charge is 0.239 e. The summed E-state index contributed by atoms with van der Waals surface area (Å²) in [5, 5.41) is 0. The van der Waals surface area contributed by atoms with Crippen molar-refractivity contribution >= 4 is 30.7 Å². The molecule has 0 aromatic heterocycles. The number of carbonyl (C=O) groups is 1. The van der Waals surface area contributed by atoms with E-state index in [1.54, 1.807) is 6.92 Å². The van der Waals surface area contributed by atoms with E-state index in [-0.39, 0.29) is 36.8 Å². The molecule has 4 nitrogen and oxygen atoms in total. The molecule has 0 aromatic rings. The quantitative estimate of drug-likeness (QED) is 0.818. The lowest BCUT2D eigenvalue weighted by Gasteiger charge is -2.43. The molecule has 2 N–H and O–H groups in total. The zero-order valence-electron chi connectivity index (χ0n) is 10.3. The van der Waals surface area contributed by atoms with Gasteiger partial charge in [0.2, 0.25) is 5.91 Å². The third-order valence-corrected chi connectivity index (χ3v) is 3.61. The van der Waals surface area contributed by atoms with Gasteiger partial charge in [0.15, 0.2) is 0 Å². The molecule has 1 atom stereocenters. The molecule has 17 heavy (non-hydrogen) atoms. The molecule has 102 valence electrons. The SMILES string of the molecule is C[C@H](N)C(=O)N1CCN(C2CCC2)CC1.Cl.Cl. The zero-order chi connectivity index (χ0) is 10.8. The molecule has 0 bridgehead atoms. The van der Waals surface area contributed by atoms with Crippen LogP contribution in [0, 0.1) is 0 Å². The van der Waals surface area contributed by atoms with Crippen LogP contribution in [0.2, 0.25) is 0 Å². The number of nitrogens with two attached hydrogens (primary N) is 1.